The molecule has 2 nitrogen and oxygen atoms in total. The fraction of sp³-hybridized carbons (Fsp3) is 0.294. The molecule has 2 aromatic carbocycles. The highest BCUT2D eigenvalue weighted by molar-refractivity contribution is 9.08. The quantitative estimate of drug-likeness (QED) is 0.614. The molecule has 0 unspecified atom stereocenters. The second kappa shape index (κ2) is 7.85. The number of alkyl halides is 2. The molecule has 2 aromatic rings. The van der Waals surface area contributed by atoms with Crippen molar-refractivity contribution in [2.45, 2.75) is 17.1 Å². The van der Waals surface area contributed by atoms with Crippen molar-refractivity contribution in [3.8, 4) is 11.5 Å². The standard InChI is InChI=1S/C17H18Br2O2/c1-20-16-8-12(3-5-14(16)10-18)7-13-4-6-15(11-19)17(9-13)21-2/h3-6,8-9H,7,10-11H2,1-2H3. The Morgan fingerprint density at radius 2 is 1.19 bits per heavy atom. The zero-order valence-corrected chi connectivity index (χ0v) is 15.3. The summed E-state index contributed by atoms with van der Waals surface area (Å²) in [6.45, 7) is 0. The van der Waals surface area contributed by atoms with Gasteiger partial charge in [0.05, 0.1) is 14.2 Å². The Kier molecular flexibility index (Phi) is 6.12. The molecule has 112 valence electrons. The maximum absolute atomic E-state index is 5.44. The molecule has 0 bridgehead atoms. The first-order valence-corrected chi connectivity index (χ1v) is 8.89. The second-order valence-corrected chi connectivity index (χ2v) is 5.86. The van der Waals surface area contributed by atoms with Crippen LogP contribution in [-0.4, -0.2) is 14.2 Å². The van der Waals surface area contributed by atoms with Crippen LogP contribution < -0.4 is 9.47 Å². The van der Waals surface area contributed by atoms with Crippen molar-refractivity contribution in [1.82, 2.24) is 0 Å². The molecule has 0 radical (unpaired) electrons. The van der Waals surface area contributed by atoms with Crippen LogP contribution in [0.15, 0.2) is 36.4 Å². The summed E-state index contributed by atoms with van der Waals surface area (Å²) >= 11 is 6.95. The summed E-state index contributed by atoms with van der Waals surface area (Å²) in [4.78, 5) is 0. The fourth-order valence-corrected chi connectivity index (χ4v) is 3.18. The van der Waals surface area contributed by atoms with Crippen molar-refractivity contribution >= 4 is 31.9 Å². The molecule has 0 atom stereocenters. The van der Waals surface area contributed by atoms with Gasteiger partial charge in [0.2, 0.25) is 0 Å². The molecule has 0 spiro atoms. The van der Waals surface area contributed by atoms with Gasteiger partial charge in [0.25, 0.3) is 0 Å². The van der Waals surface area contributed by atoms with E-state index in [1.54, 1.807) is 14.2 Å². The molecular weight excluding hydrogens is 396 g/mol. The van der Waals surface area contributed by atoms with Crippen LogP contribution in [0, 0.1) is 0 Å². The molecule has 0 aliphatic carbocycles. The highest BCUT2D eigenvalue weighted by atomic mass is 79.9. The number of benzene rings is 2. The Hall–Kier alpha value is -1.00. The van der Waals surface area contributed by atoms with Gasteiger partial charge in [-0.25, -0.2) is 0 Å². The van der Waals surface area contributed by atoms with Gasteiger partial charge in [0.15, 0.2) is 0 Å². The number of rotatable bonds is 6. The average Bonchev–Trinajstić information content (AvgIpc) is 2.54. The largest absolute Gasteiger partial charge is 0.496 e. The Labute approximate surface area is 142 Å². The smallest absolute Gasteiger partial charge is 0.123 e. The van der Waals surface area contributed by atoms with Gasteiger partial charge in [0, 0.05) is 21.8 Å². The molecule has 0 heterocycles. The lowest BCUT2D eigenvalue weighted by Crippen LogP contribution is -1.96. The van der Waals surface area contributed by atoms with E-state index in [2.05, 4.69) is 68.3 Å². The van der Waals surface area contributed by atoms with E-state index < -0.39 is 0 Å². The Morgan fingerprint density at radius 3 is 1.52 bits per heavy atom. The van der Waals surface area contributed by atoms with Crippen molar-refractivity contribution in [1.29, 1.82) is 0 Å². The third-order valence-electron chi connectivity index (χ3n) is 3.40. The molecular formula is C17H18Br2O2. The Balaban J connectivity index is 2.25. The summed E-state index contributed by atoms with van der Waals surface area (Å²) in [7, 11) is 3.41. The lowest BCUT2D eigenvalue weighted by atomic mass is 10.0. The van der Waals surface area contributed by atoms with Gasteiger partial charge in [-0.3, -0.25) is 0 Å². The van der Waals surface area contributed by atoms with Crippen molar-refractivity contribution < 1.29 is 9.47 Å². The lowest BCUT2D eigenvalue weighted by Gasteiger charge is -2.11. The highest BCUT2D eigenvalue weighted by Gasteiger charge is 2.07. The molecule has 0 saturated carbocycles. The molecule has 0 aliphatic heterocycles. The monoisotopic (exact) mass is 412 g/mol. The third kappa shape index (κ3) is 4.01. The van der Waals surface area contributed by atoms with Crippen molar-refractivity contribution in [3.05, 3.63) is 58.7 Å². The minimum absolute atomic E-state index is 0.796. The summed E-state index contributed by atoms with van der Waals surface area (Å²) in [6.07, 6.45) is 0.859. The van der Waals surface area contributed by atoms with E-state index in [1.807, 2.05) is 0 Å². The van der Waals surface area contributed by atoms with E-state index in [4.69, 9.17) is 9.47 Å². The van der Waals surface area contributed by atoms with E-state index >= 15 is 0 Å². The maximum Gasteiger partial charge on any atom is 0.123 e. The maximum atomic E-state index is 5.44. The van der Waals surface area contributed by atoms with Crippen LogP contribution in [0.1, 0.15) is 22.3 Å². The molecule has 0 amide bonds. The predicted octanol–water partition coefficient (Wildman–Crippen LogP) is 5.08. The van der Waals surface area contributed by atoms with E-state index in [1.165, 1.54) is 11.1 Å². The third-order valence-corrected chi connectivity index (χ3v) is 4.61. The molecule has 2 rings (SSSR count). The zero-order chi connectivity index (χ0) is 15.2. The molecule has 0 N–H and O–H groups in total. The van der Waals surface area contributed by atoms with Gasteiger partial charge < -0.3 is 9.47 Å². The number of halogens is 2. The summed E-state index contributed by atoms with van der Waals surface area (Å²) in [5.74, 6) is 1.85. The SMILES string of the molecule is COc1cc(Cc2ccc(CBr)c(OC)c2)ccc1CBr. The van der Waals surface area contributed by atoms with E-state index in [9.17, 15) is 0 Å². The van der Waals surface area contributed by atoms with E-state index in [-0.39, 0.29) is 0 Å². The summed E-state index contributed by atoms with van der Waals surface area (Å²) < 4.78 is 10.9. The van der Waals surface area contributed by atoms with Crippen LogP contribution in [0.2, 0.25) is 0 Å². The van der Waals surface area contributed by atoms with E-state index in [0.29, 0.717) is 0 Å². The molecule has 0 aromatic heterocycles. The summed E-state index contributed by atoms with van der Waals surface area (Å²) in [5, 5.41) is 1.59. The van der Waals surface area contributed by atoms with Crippen LogP contribution in [-0.2, 0) is 17.1 Å². The Morgan fingerprint density at radius 1 is 0.762 bits per heavy atom. The number of hydrogen-bond acceptors (Lipinski definition) is 2. The number of hydrogen-bond donors (Lipinski definition) is 0. The summed E-state index contributed by atoms with van der Waals surface area (Å²) in [6, 6.07) is 12.7. The molecule has 0 saturated heterocycles. The summed E-state index contributed by atoms with van der Waals surface area (Å²) in [5.41, 5.74) is 4.78. The van der Waals surface area contributed by atoms with Gasteiger partial charge in [-0.2, -0.15) is 0 Å². The van der Waals surface area contributed by atoms with Gasteiger partial charge in [-0.1, -0.05) is 56.1 Å². The van der Waals surface area contributed by atoms with Crippen LogP contribution in [0.5, 0.6) is 11.5 Å². The molecule has 0 aliphatic rings. The first kappa shape index (κ1) is 16.4. The molecule has 21 heavy (non-hydrogen) atoms. The molecule has 0 fully saturated rings. The van der Waals surface area contributed by atoms with Gasteiger partial charge in [-0.15, -0.1) is 0 Å². The van der Waals surface area contributed by atoms with Crippen molar-refractivity contribution in [2.75, 3.05) is 14.2 Å². The fourth-order valence-electron chi connectivity index (χ4n) is 2.25. The number of methoxy groups -OCH3 is 2. The van der Waals surface area contributed by atoms with Crippen LogP contribution in [0.25, 0.3) is 0 Å². The van der Waals surface area contributed by atoms with Gasteiger partial charge in [-0.05, 0) is 29.7 Å². The van der Waals surface area contributed by atoms with Crippen molar-refractivity contribution in [2.24, 2.45) is 0 Å². The van der Waals surface area contributed by atoms with Gasteiger partial charge in [0.1, 0.15) is 11.5 Å². The van der Waals surface area contributed by atoms with Crippen LogP contribution in [0.4, 0.5) is 0 Å². The van der Waals surface area contributed by atoms with Crippen molar-refractivity contribution in [3.63, 3.8) is 0 Å². The normalized spacial score (nSPS) is 10.5. The average molecular weight is 414 g/mol. The lowest BCUT2D eigenvalue weighted by molar-refractivity contribution is 0.410. The second-order valence-electron chi connectivity index (χ2n) is 4.74. The highest BCUT2D eigenvalue weighted by Crippen LogP contribution is 2.26. The van der Waals surface area contributed by atoms with Crippen LogP contribution in [0.3, 0.4) is 0 Å². The minimum atomic E-state index is 0.796. The van der Waals surface area contributed by atoms with Crippen LogP contribution >= 0.6 is 31.9 Å². The Bertz CT molecular complexity index is 558. The first-order valence-electron chi connectivity index (χ1n) is 6.65. The minimum Gasteiger partial charge on any atom is -0.496 e. The number of ether oxygens (including phenoxy) is 2. The topological polar surface area (TPSA) is 18.5 Å². The first-order chi connectivity index (χ1) is 10.2. The zero-order valence-electron chi connectivity index (χ0n) is 12.2. The van der Waals surface area contributed by atoms with E-state index in [0.717, 1.165) is 39.7 Å². The molecule has 4 heteroatoms. The van der Waals surface area contributed by atoms with Gasteiger partial charge >= 0.3 is 0 Å². The predicted molar refractivity (Wildman–Crippen MR) is 94.1 cm³/mol.